The Hall–Kier alpha value is -2.25. The first-order chi connectivity index (χ1) is 10.1. The first-order valence-corrected chi connectivity index (χ1v) is 6.60. The molecule has 1 aromatic carbocycles. The second-order valence-electron chi connectivity index (χ2n) is 4.58. The zero-order valence-corrected chi connectivity index (χ0v) is 11.6. The Morgan fingerprint density at radius 2 is 2.29 bits per heavy atom. The maximum Gasteiger partial charge on any atom is 0.280 e. The number of hydrogen-bond acceptors (Lipinski definition) is 6. The van der Waals surface area contributed by atoms with Crippen LogP contribution < -0.4 is 16.0 Å². The van der Waals surface area contributed by atoms with E-state index in [0.717, 1.165) is 0 Å². The summed E-state index contributed by atoms with van der Waals surface area (Å²) < 4.78 is 15.6. The molecule has 21 heavy (non-hydrogen) atoms. The average molecular weight is 310 g/mol. The molecular weight excluding hydrogens is 298 g/mol. The van der Waals surface area contributed by atoms with E-state index >= 15 is 0 Å². The molecular formula is C13H12ClN3O4. The fourth-order valence-electron chi connectivity index (χ4n) is 1.92. The highest BCUT2D eigenvalue weighted by Crippen LogP contribution is 2.27. The summed E-state index contributed by atoms with van der Waals surface area (Å²) in [6, 6.07) is 6.13. The average Bonchev–Trinajstić information content (AvgIpc) is 3.03. The minimum absolute atomic E-state index is 0.197. The fourth-order valence-corrected chi connectivity index (χ4v) is 2.09. The van der Waals surface area contributed by atoms with Crippen molar-refractivity contribution in [2.24, 2.45) is 5.73 Å². The molecule has 3 aromatic rings. The van der Waals surface area contributed by atoms with E-state index in [2.05, 4.69) is 10.3 Å². The zero-order valence-electron chi connectivity index (χ0n) is 10.8. The predicted molar refractivity (Wildman–Crippen MR) is 75.5 cm³/mol. The smallest absolute Gasteiger partial charge is 0.280 e. The summed E-state index contributed by atoms with van der Waals surface area (Å²) in [6.45, 7) is 0.197. The number of fused-ring (bicyclic) bond motifs is 1. The summed E-state index contributed by atoms with van der Waals surface area (Å²) >= 11 is 5.92. The monoisotopic (exact) mass is 309 g/mol. The van der Waals surface area contributed by atoms with Gasteiger partial charge in [-0.2, -0.15) is 5.16 Å². The van der Waals surface area contributed by atoms with Gasteiger partial charge in [0.15, 0.2) is 5.58 Å². The van der Waals surface area contributed by atoms with Crippen LogP contribution >= 0.6 is 11.6 Å². The van der Waals surface area contributed by atoms with Gasteiger partial charge < -0.3 is 19.5 Å². The largest absolute Gasteiger partial charge is 0.473 e. The normalized spacial score (nSPS) is 12.7. The molecule has 8 heteroatoms. The summed E-state index contributed by atoms with van der Waals surface area (Å²) in [4.78, 5) is 10.9. The Labute approximate surface area is 123 Å². The van der Waals surface area contributed by atoms with E-state index < -0.39 is 0 Å². The van der Waals surface area contributed by atoms with Crippen molar-refractivity contribution in [3.63, 3.8) is 0 Å². The van der Waals surface area contributed by atoms with Crippen LogP contribution in [0.5, 0.6) is 5.88 Å². The van der Waals surface area contributed by atoms with Crippen molar-refractivity contribution in [3.8, 4) is 5.88 Å². The van der Waals surface area contributed by atoms with Gasteiger partial charge in [0.25, 0.3) is 11.4 Å². The van der Waals surface area contributed by atoms with Gasteiger partial charge in [0.1, 0.15) is 12.4 Å². The molecule has 2 aromatic heterocycles. The van der Waals surface area contributed by atoms with Crippen LogP contribution in [0.2, 0.25) is 5.02 Å². The van der Waals surface area contributed by atoms with Crippen LogP contribution in [-0.2, 0) is 6.42 Å². The molecule has 3 N–H and O–H groups in total. The Bertz CT molecular complexity index is 807. The lowest BCUT2D eigenvalue weighted by Crippen LogP contribution is -2.30. The molecule has 0 aliphatic heterocycles. The van der Waals surface area contributed by atoms with Crippen LogP contribution in [-0.4, -0.2) is 23.0 Å². The number of nitrogens with one attached hydrogen (secondary N) is 1. The summed E-state index contributed by atoms with van der Waals surface area (Å²) in [5.74, 6) is 0.808. The van der Waals surface area contributed by atoms with Gasteiger partial charge in [-0.15, -0.1) is 0 Å². The molecule has 0 radical (unpaired) electrons. The number of nitrogens with two attached hydrogens (primary N) is 1. The van der Waals surface area contributed by atoms with Gasteiger partial charge in [-0.3, -0.25) is 4.79 Å². The van der Waals surface area contributed by atoms with E-state index in [0.29, 0.717) is 34.1 Å². The van der Waals surface area contributed by atoms with Crippen molar-refractivity contribution in [2.75, 3.05) is 6.61 Å². The molecule has 2 heterocycles. The van der Waals surface area contributed by atoms with Gasteiger partial charge in [0, 0.05) is 23.6 Å². The van der Waals surface area contributed by atoms with Crippen LogP contribution in [0.25, 0.3) is 11.0 Å². The van der Waals surface area contributed by atoms with E-state index in [9.17, 15) is 4.79 Å². The van der Waals surface area contributed by atoms with Gasteiger partial charge in [0.2, 0.25) is 0 Å². The van der Waals surface area contributed by atoms with Crippen LogP contribution in [0.4, 0.5) is 0 Å². The highest BCUT2D eigenvalue weighted by molar-refractivity contribution is 6.31. The molecule has 0 bridgehead atoms. The molecule has 1 unspecified atom stereocenters. The number of hydrogen-bond donors (Lipinski definition) is 2. The molecule has 0 aliphatic carbocycles. The number of halogens is 1. The Morgan fingerprint density at radius 1 is 1.43 bits per heavy atom. The molecule has 0 fully saturated rings. The molecule has 110 valence electrons. The van der Waals surface area contributed by atoms with Crippen molar-refractivity contribution < 1.29 is 13.8 Å². The van der Waals surface area contributed by atoms with Crippen LogP contribution in [0, 0.1) is 0 Å². The Balaban J connectivity index is 1.65. The molecule has 0 saturated carbocycles. The van der Waals surface area contributed by atoms with Crippen LogP contribution in [0.3, 0.4) is 0 Å². The first kappa shape index (κ1) is 13.7. The minimum Gasteiger partial charge on any atom is -0.473 e. The second-order valence-corrected chi connectivity index (χ2v) is 5.02. The standard InChI is InChI=1S/C13H12ClN3O4/c14-7-1-2-11-10(3-7)13(17-21-11)19-6-8(15)4-9-5-12(18)16-20-9/h1-3,5,8H,4,6,15H2,(H,16,18). The van der Waals surface area contributed by atoms with Gasteiger partial charge >= 0.3 is 0 Å². The lowest BCUT2D eigenvalue weighted by atomic mass is 10.2. The van der Waals surface area contributed by atoms with Gasteiger partial charge in [-0.1, -0.05) is 11.6 Å². The highest BCUT2D eigenvalue weighted by atomic mass is 35.5. The molecule has 1 atom stereocenters. The fraction of sp³-hybridized carbons (Fsp3) is 0.231. The van der Waals surface area contributed by atoms with E-state index in [-0.39, 0.29) is 18.2 Å². The maximum absolute atomic E-state index is 10.9. The van der Waals surface area contributed by atoms with Crippen LogP contribution in [0.1, 0.15) is 5.76 Å². The first-order valence-electron chi connectivity index (χ1n) is 6.22. The summed E-state index contributed by atoms with van der Waals surface area (Å²) in [6.07, 6.45) is 0.370. The number of benzene rings is 1. The third-order valence-electron chi connectivity index (χ3n) is 2.87. The molecule has 3 rings (SSSR count). The van der Waals surface area contributed by atoms with E-state index in [1.807, 2.05) is 0 Å². The number of H-pyrrole nitrogens is 1. The summed E-state index contributed by atoms with van der Waals surface area (Å²) in [5, 5.41) is 7.28. The lowest BCUT2D eigenvalue weighted by molar-refractivity contribution is 0.254. The van der Waals surface area contributed by atoms with E-state index in [4.69, 9.17) is 31.1 Å². The Kier molecular flexibility index (Phi) is 3.68. The lowest BCUT2D eigenvalue weighted by Gasteiger charge is -2.09. The van der Waals surface area contributed by atoms with Crippen LogP contribution in [0.15, 0.2) is 38.1 Å². The number of ether oxygens (including phenoxy) is 1. The SMILES string of the molecule is NC(COc1noc2ccc(Cl)cc12)Cc1cc(=O)[nH]o1. The molecule has 0 spiro atoms. The van der Waals surface area contributed by atoms with Gasteiger partial charge in [-0.25, -0.2) is 0 Å². The van der Waals surface area contributed by atoms with Crippen molar-refractivity contribution in [3.05, 3.63) is 45.4 Å². The second kappa shape index (κ2) is 5.63. The summed E-state index contributed by atoms with van der Waals surface area (Å²) in [7, 11) is 0. The Morgan fingerprint density at radius 3 is 3.05 bits per heavy atom. The maximum atomic E-state index is 10.9. The highest BCUT2D eigenvalue weighted by Gasteiger charge is 2.13. The van der Waals surface area contributed by atoms with Crippen molar-refractivity contribution >= 4 is 22.6 Å². The predicted octanol–water partition coefficient (Wildman–Crippen LogP) is 1.71. The minimum atomic E-state index is -0.352. The van der Waals surface area contributed by atoms with E-state index in [1.54, 1.807) is 18.2 Å². The molecule has 0 amide bonds. The van der Waals surface area contributed by atoms with Gasteiger partial charge in [-0.05, 0) is 23.4 Å². The van der Waals surface area contributed by atoms with Crippen molar-refractivity contribution in [1.29, 1.82) is 0 Å². The quantitative estimate of drug-likeness (QED) is 0.743. The van der Waals surface area contributed by atoms with Crippen molar-refractivity contribution in [2.45, 2.75) is 12.5 Å². The van der Waals surface area contributed by atoms with Crippen molar-refractivity contribution in [1.82, 2.24) is 10.3 Å². The van der Waals surface area contributed by atoms with Gasteiger partial charge in [0.05, 0.1) is 5.39 Å². The number of rotatable bonds is 5. The number of aromatic amines is 1. The third kappa shape index (κ3) is 3.09. The third-order valence-corrected chi connectivity index (χ3v) is 3.11. The topological polar surface area (TPSA) is 107 Å². The number of nitrogens with zero attached hydrogens (tertiary/aromatic N) is 1. The van der Waals surface area contributed by atoms with E-state index in [1.165, 1.54) is 6.07 Å². The summed E-state index contributed by atoms with van der Waals surface area (Å²) in [5.41, 5.74) is 6.21. The zero-order chi connectivity index (χ0) is 14.8. The molecule has 0 aliphatic rings. The number of aromatic nitrogens is 2. The molecule has 0 saturated heterocycles. The molecule has 7 nitrogen and oxygen atoms in total.